The number of nitrogens with zero attached hydrogens (tertiary/aromatic N) is 1. The summed E-state index contributed by atoms with van der Waals surface area (Å²) in [6.45, 7) is 1.43. The first-order valence-corrected chi connectivity index (χ1v) is 8.31. The van der Waals surface area contributed by atoms with Crippen LogP contribution < -0.4 is 5.32 Å². The highest BCUT2D eigenvalue weighted by molar-refractivity contribution is 5.97. The number of benzene rings is 2. The Morgan fingerprint density at radius 3 is 2.43 bits per heavy atom. The predicted molar refractivity (Wildman–Crippen MR) is 102 cm³/mol. The first kappa shape index (κ1) is 20.4. The van der Waals surface area contributed by atoms with Crippen LogP contribution in [0.1, 0.15) is 28.4 Å². The SMILES string of the molecule is COC(=O)c1ccc(/C=C/C(=O)O[C@H](C)C(=O)Nc2ccccc2C#N)cc1. The number of carbonyl (C=O) groups is 3. The second kappa shape index (κ2) is 9.69. The highest BCUT2D eigenvalue weighted by Gasteiger charge is 2.17. The fourth-order valence-corrected chi connectivity index (χ4v) is 2.20. The monoisotopic (exact) mass is 378 g/mol. The minimum atomic E-state index is -1.05. The molecule has 0 aliphatic carbocycles. The third kappa shape index (κ3) is 5.54. The number of methoxy groups -OCH3 is 1. The molecular weight excluding hydrogens is 360 g/mol. The quantitative estimate of drug-likeness (QED) is 0.612. The van der Waals surface area contributed by atoms with Crippen molar-refractivity contribution in [2.45, 2.75) is 13.0 Å². The van der Waals surface area contributed by atoms with Crippen molar-refractivity contribution in [1.82, 2.24) is 0 Å². The number of rotatable bonds is 6. The molecule has 0 saturated carbocycles. The molecule has 7 nitrogen and oxygen atoms in total. The number of ether oxygens (including phenoxy) is 2. The van der Waals surface area contributed by atoms with Gasteiger partial charge in [0, 0.05) is 6.08 Å². The zero-order valence-electron chi connectivity index (χ0n) is 15.3. The average molecular weight is 378 g/mol. The molecule has 2 aromatic rings. The van der Waals surface area contributed by atoms with E-state index in [2.05, 4.69) is 10.1 Å². The molecule has 0 heterocycles. The van der Waals surface area contributed by atoms with E-state index >= 15 is 0 Å². The summed E-state index contributed by atoms with van der Waals surface area (Å²) >= 11 is 0. The molecule has 1 atom stereocenters. The van der Waals surface area contributed by atoms with E-state index < -0.39 is 23.9 Å². The van der Waals surface area contributed by atoms with Crippen LogP contribution in [0, 0.1) is 11.3 Å². The van der Waals surface area contributed by atoms with Gasteiger partial charge in [-0.3, -0.25) is 4.79 Å². The molecule has 0 bridgehead atoms. The van der Waals surface area contributed by atoms with Crippen LogP contribution >= 0.6 is 0 Å². The Kier molecular flexibility index (Phi) is 7.06. The van der Waals surface area contributed by atoms with Crippen LogP contribution in [0.5, 0.6) is 0 Å². The van der Waals surface area contributed by atoms with Crippen LogP contribution in [-0.2, 0) is 19.1 Å². The zero-order valence-corrected chi connectivity index (χ0v) is 15.3. The van der Waals surface area contributed by atoms with Gasteiger partial charge in [0.15, 0.2) is 6.10 Å². The molecule has 0 saturated heterocycles. The van der Waals surface area contributed by atoms with Crippen LogP contribution in [0.25, 0.3) is 6.08 Å². The van der Waals surface area contributed by atoms with Gasteiger partial charge in [-0.25, -0.2) is 9.59 Å². The third-order valence-corrected chi connectivity index (χ3v) is 3.71. The summed E-state index contributed by atoms with van der Waals surface area (Å²) in [6.07, 6.45) is 1.63. The molecule has 0 aliphatic rings. The Morgan fingerprint density at radius 1 is 1.11 bits per heavy atom. The van der Waals surface area contributed by atoms with Gasteiger partial charge in [0.2, 0.25) is 0 Å². The molecule has 7 heteroatoms. The van der Waals surface area contributed by atoms with E-state index in [1.54, 1.807) is 48.5 Å². The predicted octanol–water partition coefficient (Wildman–Crippen LogP) is 2.93. The summed E-state index contributed by atoms with van der Waals surface area (Å²) in [5, 5.41) is 11.6. The van der Waals surface area contributed by atoms with E-state index in [-0.39, 0.29) is 0 Å². The van der Waals surface area contributed by atoms with E-state index in [9.17, 15) is 14.4 Å². The molecule has 0 fully saturated rings. The van der Waals surface area contributed by atoms with E-state index in [0.29, 0.717) is 22.4 Å². The zero-order chi connectivity index (χ0) is 20.5. The number of anilines is 1. The van der Waals surface area contributed by atoms with E-state index in [1.165, 1.54) is 26.2 Å². The third-order valence-electron chi connectivity index (χ3n) is 3.71. The molecule has 0 unspecified atom stereocenters. The van der Waals surface area contributed by atoms with Gasteiger partial charge in [-0.15, -0.1) is 0 Å². The summed E-state index contributed by atoms with van der Waals surface area (Å²) < 4.78 is 9.68. The van der Waals surface area contributed by atoms with Crippen molar-refractivity contribution in [3.63, 3.8) is 0 Å². The Morgan fingerprint density at radius 2 is 1.79 bits per heavy atom. The van der Waals surface area contributed by atoms with Gasteiger partial charge < -0.3 is 14.8 Å². The molecule has 1 amide bonds. The van der Waals surface area contributed by atoms with Crippen LogP contribution in [0.3, 0.4) is 0 Å². The lowest BCUT2D eigenvalue weighted by atomic mass is 10.1. The molecule has 2 aromatic carbocycles. The molecule has 0 radical (unpaired) electrons. The molecule has 28 heavy (non-hydrogen) atoms. The molecule has 0 aliphatic heterocycles. The largest absolute Gasteiger partial charge is 0.465 e. The Hall–Kier alpha value is -3.92. The Bertz CT molecular complexity index is 942. The lowest BCUT2D eigenvalue weighted by Gasteiger charge is -2.13. The lowest BCUT2D eigenvalue weighted by molar-refractivity contribution is -0.148. The minimum Gasteiger partial charge on any atom is -0.465 e. The molecule has 2 rings (SSSR count). The summed E-state index contributed by atoms with van der Waals surface area (Å²) in [6, 6.07) is 14.9. The molecule has 0 spiro atoms. The standard InChI is InChI=1S/C21H18N2O5/c1-14(20(25)23-18-6-4-3-5-17(18)13-22)28-19(24)12-9-15-7-10-16(11-8-15)21(26)27-2/h3-12,14H,1-2H3,(H,23,25)/b12-9+/t14-/m1/s1. The van der Waals surface area contributed by atoms with Crippen molar-refractivity contribution < 1.29 is 23.9 Å². The number of hydrogen-bond acceptors (Lipinski definition) is 6. The van der Waals surface area contributed by atoms with Crippen molar-refractivity contribution in [3.05, 3.63) is 71.3 Å². The topological polar surface area (TPSA) is 105 Å². The number of carbonyl (C=O) groups excluding carboxylic acids is 3. The Labute approximate surface area is 162 Å². The lowest BCUT2D eigenvalue weighted by Crippen LogP contribution is -2.29. The summed E-state index contributed by atoms with van der Waals surface area (Å²) in [7, 11) is 1.29. The van der Waals surface area contributed by atoms with E-state index in [1.807, 2.05) is 6.07 Å². The molecular formula is C21H18N2O5. The second-order valence-corrected chi connectivity index (χ2v) is 5.67. The van der Waals surface area contributed by atoms with Crippen molar-refractivity contribution in [2.24, 2.45) is 0 Å². The van der Waals surface area contributed by atoms with Gasteiger partial charge in [0.25, 0.3) is 5.91 Å². The normalized spacial score (nSPS) is 11.3. The number of nitriles is 1. The van der Waals surface area contributed by atoms with Gasteiger partial charge in [-0.1, -0.05) is 24.3 Å². The number of hydrogen-bond donors (Lipinski definition) is 1. The maximum Gasteiger partial charge on any atom is 0.337 e. The number of para-hydroxylation sites is 1. The van der Waals surface area contributed by atoms with Gasteiger partial charge in [0.1, 0.15) is 6.07 Å². The van der Waals surface area contributed by atoms with Crippen molar-refractivity contribution in [1.29, 1.82) is 5.26 Å². The molecule has 1 N–H and O–H groups in total. The van der Waals surface area contributed by atoms with E-state index in [4.69, 9.17) is 10.00 Å². The highest BCUT2D eigenvalue weighted by atomic mass is 16.5. The van der Waals surface area contributed by atoms with Gasteiger partial charge in [0.05, 0.1) is 23.9 Å². The highest BCUT2D eigenvalue weighted by Crippen LogP contribution is 2.14. The smallest absolute Gasteiger partial charge is 0.337 e. The van der Waals surface area contributed by atoms with Crippen molar-refractivity contribution >= 4 is 29.6 Å². The maximum absolute atomic E-state index is 12.2. The summed E-state index contributed by atoms with van der Waals surface area (Å²) in [4.78, 5) is 35.4. The molecule has 142 valence electrons. The van der Waals surface area contributed by atoms with Crippen LogP contribution in [0.4, 0.5) is 5.69 Å². The van der Waals surface area contributed by atoms with Crippen LogP contribution in [0.2, 0.25) is 0 Å². The summed E-state index contributed by atoms with van der Waals surface area (Å²) in [5.41, 5.74) is 1.72. The number of amides is 1. The molecule has 0 aromatic heterocycles. The first-order valence-electron chi connectivity index (χ1n) is 8.31. The van der Waals surface area contributed by atoms with Crippen molar-refractivity contribution in [3.8, 4) is 6.07 Å². The Balaban J connectivity index is 1.92. The fraction of sp³-hybridized carbons (Fsp3) is 0.143. The number of esters is 2. The second-order valence-electron chi connectivity index (χ2n) is 5.67. The van der Waals surface area contributed by atoms with E-state index in [0.717, 1.165) is 0 Å². The van der Waals surface area contributed by atoms with Crippen molar-refractivity contribution in [2.75, 3.05) is 12.4 Å². The fourth-order valence-electron chi connectivity index (χ4n) is 2.20. The number of nitrogens with one attached hydrogen (secondary N) is 1. The van der Waals surface area contributed by atoms with Crippen LogP contribution in [0.15, 0.2) is 54.6 Å². The summed E-state index contributed by atoms with van der Waals surface area (Å²) in [5.74, 6) is -1.70. The average Bonchev–Trinajstić information content (AvgIpc) is 2.72. The van der Waals surface area contributed by atoms with Gasteiger partial charge in [-0.2, -0.15) is 5.26 Å². The minimum absolute atomic E-state index is 0.310. The van der Waals surface area contributed by atoms with Gasteiger partial charge >= 0.3 is 11.9 Å². The maximum atomic E-state index is 12.2. The first-order chi connectivity index (χ1) is 13.4. The van der Waals surface area contributed by atoms with Gasteiger partial charge in [-0.05, 0) is 42.8 Å². The van der Waals surface area contributed by atoms with Crippen LogP contribution in [-0.4, -0.2) is 31.1 Å².